The molecule has 4 nitrogen and oxygen atoms in total. The van der Waals surface area contributed by atoms with Crippen molar-refractivity contribution < 1.29 is 0 Å². The summed E-state index contributed by atoms with van der Waals surface area (Å²) in [5.74, 6) is 1.15. The molecule has 0 saturated carbocycles. The van der Waals surface area contributed by atoms with E-state index in [2.05, 4.69) is 41.4 Å². The second kappa shape index (κ2) is 7.41. The van der Waals surface area contributed by atoms with Gasteiger partial charge in [0, 0.05) is 36.9 Å². The number of likely N-dealkylation sites (tertiary alicyclic amines) is 1. The van der Waals surface area contributed by atoms with Crippen molar-refractivity contribution in [1.29, 1.82) is 0 Å². The summed E-state index contributed by atoms with van der Waals surface area (Å²) in [4.78, 5) is 7.19. The number of hydrogen-bond acceptors (Lipinski definition) is 3. The minimum absolute atomic E-state index is 0.138. The third-order valence-electron chi connectivity index (χ3n) is 5.32. The van der Waals surface area contributed by atoms with Gasteiger partial charge >= 0.3 is 0 Å². The number of imidazole rings is 1. The van der Waals surface area contributed by atoms with Gasteiger partial charge in [-0.05, 0) is 45.2 Å². The lowest BCUT2D eigenvalue weighted by Gasteiger charge is -2.45. The fourth-order valence-corrected chi connectivity index (χ4v) is 3.98. The highest BCUT2D eigenvalue weighted by molar-refractivity contribution is 5.05. The van der Waals surface area contributed by atoms with Crippen LogP contribution in [0.25, 0.3) is 0 Å². The van der Waals surface area contributed by atoms with Gasteiger partial charge in [-0.2, -0.15) is 0 Å². The van der Waals surface area contributed by atoms with Crippen LogP contribution in [0, 0.1) is 0 Å². The Hall–Kier alpha value is -0.870. The Morgan fingerprint density at radius 2 is 1.90 bits per heavy atom. The van der Waals surface area contributed by atoms with E-state index in [4.69, 9.17) is 5.73 Å². The highest BCUT2D eigenvalue weighted by atomic mass is 15.2. The molecule has 2 N–H and O–H groups in total. The van der Waals surface area contributed by atoms with Gasteiger partial charge in [0.15, 0.2) is 0 Å². The van der Waals surface area contributed by atoms with Crippen molar-refractivity contribution in [3.8, 4) is 0 Å². The summed E-state index contributed by atoms with van der Waals surface area (Å²) >= 11 is 0. The van der Waals surface area contributed by atoms with E-state index < -0.39 is 0 Å². The molecule has 1 unspecified atom stereocenters. The number of rotatable bonds is 8. The highest BCUT2D eigenvalue weighted by Gasteiger charge is 2.40. The van der Waals surface area contributed by atoms with Gasteiger partial charge in [-0.1, -0.05) is 20.8 Å². The van der Waals surface area contributed by atoms with Crippen LogP contribution in [0.3, 0.4) is 0 Å². The lowest BCUT2D eigenvalue weighted by molar-refractivity contribution is 0.0758. The van der Waals surface area contributed by atoms with Crippen LogP contribution < -0.4 is 5.73 Å². The third kappa shape index (κ3) is 3.32. The van der Waals surface area contributed by atoms with E-state index in [9.17, 15) is 0 Å². The SMILES string of the molecule is CCCn1ccnc1CC(N)C(CC)(CC)N1CCCC1. The molecule has 0 spiro atoms. The van der Waals surface area contributed by atoms with Crippen molar-refractivity contribution in [3.05, 3.63) is 18.2 Å². The summed E-state index contributed by atoms with van der Waals surface area (Å²) < 4.78 is 2.26. The molecule has 0 aliphatic carbocycles. The van der Waals surface area contributed by atoms with Crippen molar-refractivity contribution in [3.63, 3.8) is 0 Å². The molecule has 4 heteroatoms. The molecule has 1 aliphatic heterocycles. The monoisotopic (exact) mass is 292 g/mol. The number of nitrogens with zero attached hydrogens (tertiary/aromatic N) is 3. The average Bonchev–Trinajstić information content (AvgIpc) is 3.14. The lowest BCUT2D eigenvalue weighted by atomic mass is 9.81. The zero-order valence-electron chi connectivity index (χ0n) is 14.0. The van der Waals surface area contributed by atoms with Gasteiger partial charge in [0.05, 0.1) is 0 Å². The van der Waals surface area contributed by atoms with E-state index in [1.165, 1.54) is 25.9 Å². The van der Waals surface area contributed by atoms with Crippen molar-refractivity contribution in [2.45, 2.75) is 77.4 Å². The van der Waals surface area contributed by atoms with Crippen LogP contribution in [0.2, 0.25) is 0 Å². The van der Waals surface area contributed by atoms with Gasteiger partial charge in [-0.3, -0.25) is 4.90 Å². The number of aromatic nitrogens is 2. The second-order valence-electron chi connectivity index (χ2n) is 6.35. The maximum absolute atomic E-state index is 6.72. The molecule has 2 rings (SSSR count). The van der Waals surface area contributed by atoms with Crippen molar-refractivity contribution in [2.24, 2.45) is 5.73 Å². The van der Waals surface area contributed by atoms with Crippen LogP contribution in [0.4, 0.5) is 0 Å². The largest absolute Gasteiger partial charge is 0.335 e. The van der Waals surface area contributed by atoms with Crippen LogP contribution in [-0.2, 0) is 13.0 Å². The molecule has 21 heavy (non-hydrogen) atoms. The van der Waals surface area contributed by atoms with Crippen LogP contribution in [0.1, 0.15) is 58.7 Å². The van der Waals surface area contributed by atoms with E-state index in [1.54, 1.807) is 0 Å². The first-order valence-electron chi connectivity index (χ1n) is 8.68. The van der Waals surface area contributed by atoms with Gasteiger partial charge in [0.25, 0.3) is 0 Å². The summed E-state index contributed by atoms with van der Waals surface area (Å²) in [5.41, 5.74) is 6.85. The molecule has 0 bridgehead atoms. The smallest absolute Gasteiger partial charge is 0.110 e. The first kappa shape index (κ1) is 16.5. The van der Waals surface area contributed by atoms with Gasteiger partial charge < -0.3 is 10.3 Å². The highest BCUT2D eigenvalue weighted by Crippen LogP contribution is 2.32. The Morgan fingerprint density at radius 3 is 2.48 bits per heavy atom. The summed E-state index contributed by atoms with van der Waals surface area (Å²) in [6.45, 7) is 10.2. The van der Waals surface area contributed by atoms with Gasteiger partial charge in [-0.25, -0.2) is 4.98 Å². The number of aryl methyl sites for hydroxylation is 1. The van der Waals surface area contributed by atoms with Crippen molar-refractivity contribution >= 4 is 0 Å². The fraction of sp³-hybridized carbons (Fsp3) is 0.824. The second-order valence-corrected chi connectivity index (χ2v) is 6.35. The van der Waals surface area contributed by atoms with E-state index in [-0.39, 0.29) is 11.6 Å². The maximum atomic E-state index is 6.72. The predicted molar refractivity (Wildman–Crippen MR) is 88.3 cm³/mol. The van der Waals surface area contributed by atoms with Gasteiger partial charge in [0.2, 0.25) is 0 Å². The van der Waals surface area contributed by atoms with Gasteiger partial charge in [0.1, 0.15) is 5.82 Å². The average molecular weight is 292 g/mol. The Balaban J connectivity index is 2.14. The van der Waals surface area contributed by atoms with E-state index >= 15 is 0 Å². The first-order valence-corrected chi connectivity index (χ1v) is 8.68. The standard InChI is InChI=1S/C17H32N4/c1-4-10-20-13-9-19-16(20)14-15(18)17(5-2,6-3)21-11-7-8-12-21/h9,13,15H,4-8,10-12,14,18H2,1-3H3. The topological polar surface area (TPSA) is 47.1 Å². The molecule has 1 atom stereocenters. The van der Waals surface area contributed by atoms with Crippen LogP contribution in [0.5, 0.6) is 0 Å². The molecule has 2 heterocycles. The molecule has 0 amide bonds. The summed E-state index contributed by atoms with van der Waals surface area (Å²) in [6.07, 6.45) is 10.9. The zero-order chi connectivity index (χ0) is 15.3. The van der Waals surface area contributed by atoms with Crippen molar-refractivity contribution in [1.82, 2.24) is 14.5 Å². The van der Waals surface area contributed by atoms with E-state index in [0.717, 1.165) is 38.1 Å². The maximum Gasteiger partial charge on any atom is 0.110 e. The van der Waals surface area contributed by atoms with E-state index in [0.29, 0.717) is 0 Å². The molecule has 1 fully saturated rings. The Bertz CT molecular complexity index is 416. The van der Waals surface area contributed by atoms with Crippen LogP contribution >= 0.6 is 0 Å². The molecule has 1 aromatic heterocycles. The molecule has 0 radical (unpaired) electrons. The molecule has 0 aromatic carbocycles. The van der Waals surface area contributed by atoms with Crippen molar-refractivity contribution in [2.75, 3.05) is 13.1 Å². The molecular formula is C17H32N4. The quantitative estimate of drug-likeness (QED) is 0.801. The van der Waals surface area contributed by atoms with E-state index in [1.807, 2.05) is 6.20 Å². The Labute approximate surface area is 129 Å². The number of nitrogens with two attached hydrogens (primary N) is 1. The molecule has 1 aliphatic rings. The minimum Gasteiger partial charge on any atom is -0.335 e. The first-order chi connectivity index (χ1) is 10.2. The number of hydrogen-bond donors (Lipinski definition) is 1. The Morgan fingerprint density at radius 1 is 1.24 bits per heavy atom. The lowest BCUT2D eigenvalue weighted by Crippen LogP contribution is -2.59. The van der Waals surface area contributed by atoms with Gasteiger partial charge in [-0.15, -0.1) is 0 Å². The summed E-state index contributed by atoms with van der Waals surface area (Å²) in [6, 6.07) is 0.156. The molecule has 1 aromatic rings. The molecule has 120 valence electrons. The minimum atomic E-state index is 0.138. The third-order valence-corrected chi connectivity index (χ3v) is 5.32. The van der Waals surface area contributed by atoms with Crippen LogP contribution in [0.15, 0.2) is 12.4 Å². The molecular weight excluding hydrogens is 260 g/mol. The molecule has 1 saturated heterocycles. The summed E-state index contributed by atoms with van der Waals surface area (Å²) in [7, 11) is 0. The predicted octanol–water partition coefficient (Wildman–Crippen LogP) is 2.82. The van der Waals surface area contributed by atoms with Crippen LogP contribution in [-0.4, -0.2) is 39.1 Å². The normalized spacial score (nSPS) is 18.3. The fourth-order valence-electron chi connectivity index (χ4n) is 3.98. The zero-order valence-corrected chi connectivity index (χ0v) is 14.0. The summed E-state index contributed by atoms with van der Waals surface area (Å²) in [5, 5.41) is 0. The Kier molecular flexibility index (Phi) is 5.82.